The number of esters is 3. The smallest absolute Gasteiger partial charge is 0.377 e. The van der Waals surface area contributed by atoms with E-state index in [1.165, 1.54) is 134 Å². The van der Waals surface area contributed by atoms with E-state index in [0.717, 1.165) is 51.0 Å². The number of benzene rings is 10. The number of halogens is 6. The van der Waals surface area contributed by atoms with Crippen LogP contribution in [-0.4, -0.2) is 66.6 Å². The van der Waals surface area contributed by atoms with E-state index in [-0.39, 0.29) is 94.8 Å². The van der Waals surface area contributed by atoms with Crippen molar-refractivity contribution in [3.05, 3.63) is 306 Å². The Bertz CT molecular complexity index is 5400. The number of aryl methyl sites for hydroxylation is 1. The molecule has 12 bridgehead atoms. The number of alkyl halides is 6. The molecular weight excluding hydrogens is 1800 g/mol. The second-order valence-electron chi connectivity index (χ2n) is 46.4. The molecule has 0 saturated heterocycles. The highest BCUT2D eigenvalue weighted by molar-refractivity contribution is 7.97. The van der Waals surface area contributed by atoms with E-state index in [4.69, 9.17) is 9.47 Å². The average Bonchev–Trinajstić information content (AvgIpc) is 0.709. The molecule has 0 heterocycles. The van der Waals surface area contributed by atoms with Crippen LogP contribution in [0.3, 0.4) is 0 Å². The Balaban J connectivity index is 0.000000141. The van der Waals surface area contributed by atoms with Crippen LogP contribution in [-0.2, 0) is 103 Å². The summed E-state index contributed by atoms with van der Waals surface area (Å²) in [4.78, 5) is 68.6. The first kappa shape index (κ1) is 107. The minimum Gasteiger partial charge on any atom is -0.465 e. The SMILES string of the molecule is CC(C)(C)c1ccc([S+](c2ccc(C(C)(C)C)cc2)c2ccc(C(C)(C)C)cc2)cc1.CC(C)(C)c1ccc([S+](c2ccccc2)c2ccc(C(C)(C)C)cc2)cc1.CC(F)(F)C(=O)OC12CC3CC(C1)C(=O)C(C3)C2.COC(=O)C(C)(F)F.Cc1ccc(C23CC4CC(CC(COC(=O)C(C)(F)F)(C4)C2)C3)cc1.O=C1C2CC3CC(C2)CC1C3.c1ccc([S+](c2ccccc2)c2ccccc2)cc1. The fourth-order valence-corrected chi connectivity index (χ4v) is 29.2. The van der Waals surface area contributed by atoms with E-state index < -0.39 is 41.3 Å². The number of ether oxygens (including phenoxy) is 3. The summed E-state index contributed by atoms with van der Waals surface area (Å²) in [5.74, 6) is -9.31. The lowest BCUT2D eigenvalue weighted by Crippen LogP contribution is -2.57. The zero-order chi connectivity index (χ0) is 101. The van der Waals surface area contributed by atoms with Crippen molar-refractivity contribution in [2.45, 2.75) is 334 Å². The van der Waals surface area contributed by atoms with Gasteiger partial charge in [-0.15, -0.1) is 0 Å². The first-order valence-electron chi connectivity index (χ1n) is 49.9. The minimum absolute atomic E-state index is 0.0146. The van der Waals surface area contributed by atoms with Crippen LogP contribution in [0.15, 0.2) is 311 Å². The van der Waals surface area contributed by atoms with Crippen LogP contribution in [0, 0.1) is 65.6 Å². The molecule has 12 aliphatic rings. The number of rotatable bonds is 16. The van der Waals surface area contributed by atoms with Crippen LogP contribution >= 0.6 is 0 Å². The number of hydrogen-bond donors (Lipinski definition) is 0. The summed E-state index contributed by atoms with van der Waals surface area (Å²) in [6, 6.07) is 98.1. The number of ketones is 2. The average molecular weight is 1950 g/mol. The van der Waals surface area contributed by atoms with Gasteiger partial charge >= 0.3 is 35.7 Å². The van der Waals surface area contributed by atoms with Crippen molar-refractivity contribution < 1.29 is 64.5 Å². The monoisotopic (exact) mass is 1950 g/mol. The molecule has 0 aliphatic heterocycles. The minimum atomic E-state index is -3.45. The van der Waals surface area contributed by atoms with Crippen LogP contribution in [0.5, 0.6) is 0 Å². The van der Waals surface area contributed by atoms with Gasteiger partial charge in [-0.1, -0.05) is 267 Å². The van der Waals surface area contributed by atoms with E-state index in [1.54, 1.807) is 0 Å². The molecule has 4 unspecified atom stereocenters. The summed E-state index contributed by atoms with van der Waals surface area (Å²) in [5, 5.41) is 0. The van der Waals surface area contributed by atoms with Crippen molar-refractivity contribution in [3.8, 4) is 0 Å². The van der Waals surface area contributed by atoms with E-state index in [9.17, 15) is 50.3 Å². The van der Waals surface area contributed by atoms with E-state index in [2.05, 4.69) is 382 Å². The highest BCUT2D eigenvalue weighted by Crippen LogP contribution is 2.66. The maximum atomic E-state index is 13.2. The van der Waals surface area contributed by atoms with Crippen LogP contribution in [0.25, 0.3) is 0 Å². The summed E-state index contributed by atoms with van der Waals surface area (Å²) in [6.07, 6.45) is 16.2. The zero-order valence-electron chi connectivity index (χ0n) is 85.4. The lowest BCUT2D eigenvalue weighted by molar-refractivity contribution is -0.207. The highest BCUT2D eigenvalue weighted by Gasteiger charge is 2.61. The first-order valence-corrected chi connectivity index (χ1v) is 53.6. The Morgan fingerprint density at radius 3 is 0.835 bits per heavy atom. The Labute approximate surface area is 833 Å². The lowest BCUT2D eigenvalue weighted by Gasteiger charge is -2.62. The number of carbonyl (C=O) groups is 5. The quantitative estimate of drug-likeness (QED) is 0.0407. The van der Waals surface area contributed by atoms with Gasteiger partial charge in [0.2, 0.25) is 0 Å². The largest absolute Gasteiger partial charge is 0.465 e. The van der Waals surface area contributed by atoms with Gasteiger partial charge in [-0.3, -0.25) is 9.59 Å². The molecule has 139 heavy (non-hydrogen) atoms. The van der Waals surface area contributed by atoms with Crippen LogP contribution in [0.4, 0.5) is 26.3 Å². The number of methoxy groups -OCH3 is 1. The van der Waals surface area contributed by atoms with E-state index >= 15 is 0 Å². The topological polar surface area (TPSA) is 113 Å². The fraction of sp³-hybridized carbons (Fsp3) is 0.467. The molecule has 740 valence electrons. The fourth-order valence-electron chi connectivity index (χ4n) is 23.0. The van der Waals surface area contributed by atoms with Gasteiger partial charge < -0.3 is 14.2 Å². The molecule has 12 fully saturated rings. The molecule has 0 N–H and O–H groups in total. The summed E-state index contributed by atoms with van der Waals surface area (Å²) >= 11 is 0. The van der Waals surface area contributed by atoms with Crippen LogP contribution in [0.2, 0.25) is 0 Å². The normalized spacial score (nSPS) is 23.6. The van der Waals surface area contributed by atoms with Crippen LogP contribution < -0.4 is 0 Å². The van der Waals surface area contributed by atoms with Crippen molar-refractivity contribution >= 4 is 62.2 Å². The third-order valence-corrected chi connectivity index (χ3v) is 36.2. The molecule has 12 saturated carbocycles. The molecule has 0 radical (unpaired) electrons. The maximum Gasteiger partial charge on any atom is 0.377 e. The van der Waals surface area contributed by atoms with Crippen LogP contribution in [0.1, 0.15) is 266 Å². The van der Waals surface area contributed by atoms with Crippen molar-refractivity contribution in [3.63, 3.8) is 0 Å². The Morgan fingerprint density at radius 1 is 0.302 bits per heavy atom. The summed E-state index contributed by atoms with van der Waals surface area (Å²) in [6.45, 7) is 38.0. The molecule has 0 amide bonds. The van der Waals surface area contributed by atoms with Gasteiger partial charge in [0, 0.05) is 49.9 Å². The molecule has 8 nitrogen and oxygen atoms in total. The molecule has 22 rings (SSSR count). The standard InChI is InChI=1S/C30H39S.C26H31S.C21H26F2O2.C18H15S.C13H16F2O3.C10H14O.C4H6F2O2/c1-28(2,3)22-10-16-25(17-11-22)31(26-18-12-23(13-19-26)29(4,5)6)27-20-14-24(15-21-27)30(7,8)9;1-25(2,3)20-12-16-23(17-13-20)27(22-10-8-7-9-11-22)24-18-14-21(15-19-24)26(4,5)6;1-14-3-5-17(6-4-14)21-10-15-7-16(11-21)9-20(8-15,12-21)13-25-18(24)19(2,22)23;1-4-10-16(11-5-1)19(17-12-6-2-7-13-17)18-14-8-3-9-15-18;1-12(14,15)11(17)18-13-4-7-2-8(5-13)10(16)9(3-7)6-13;11-10-8-2-6-1-7(4-8)5-9(10)3-6;1-4(5,6)3(7)8-2/h10-21H,1-9H3;7-19H,1-6H3;3-6,15-16H,7-13H2,1-2H3;1-15H;7-9H,2-6H2,1H3;6-9H,1-5H2;1-2H3/q2*+1;;+1;;;. The maximum absolute atomic E-state index is 13.2. The Hall–Kier alpha value is -9.42. The number of hydrogen-bond acceptors (Lipinski definition) is 8. The molecule has 4 atom stereocenters. The number of carbonyl (C=O) groups excluding carboxylic acids is 5. The third-order valence-electron chi connectivity index (χ3n) is 29.5. The van der Waals surface area contributed by atoms with Crippen molar-refractivity contribution in [2.75, 3.05) is 13.7 Å². The van der Waals surface area contributed by atoms with Gasteiger partial charge in [0.15, 0.2) is 44.1 Å². The van der Waals surface area contributed by atoms with E-state index in [0.29, 0.717) is 75.4 Å². The van der Waals surface area contributed by atoms with Gasteiger partial charge in [-0.05, 0) is 314 Å². The first-order chi connectivity index (χ1) is 65.2. The highest BCUT2D eigenvalue weighted by atomic mass is 32.2. The van der Waals surface area contributed by atoms with Crippen molar-refractivity contribution in [1.29, 1.82) is 0 Å². The third kappa shape index (κ3) is 27.3. The van der Waals surface area contributed by atoms with Gasteiger partial charge in [0.05, 0.1) is 46.4 Å². The predicted molar refractivity (Wildman–Crippen MR) is 552 cm³/mol. The predicted octanol–water partition coefficient (Wildman–Crippen LogP) is 31.0. The summed E-state index contributed by atoms with van der Waals surface area (Å²) < 4.78 is 89.5. The Morgan fingerprint density at radius 2 is 0.568 bits per heavy atom. The molecule has 10 aromatic carbocycles. The molecule has 0 spiro atoms. The van der Waals surface area contributed by atoms with Gasteiger partial charge in [0.25, 0.3) is 0 Å². The summed E-state index contributed by atoms with van der Waals surface area (Å²) in [5.41, 5.74) is 9.62. The van der Waals surface area contributed by atoms with E-state index in [1.807, 2.05) is 0 Å². The summed E-state index contributed by atoms with van der Waals surface area (Å²) in [7, 11) is 0.697. The van der Waals surface area contributed by atoms with Crippen molar-refractivity contribution in [1.82, 2.24) is 0 Å². The molecular formula is C122H147F6O8S3+3. The van der Waals surface area contributed by atoms with Gasteiger partial charge in [0.1, 0.15) is 17.2 Å². The molecule has 12 aliphatic carbocycles. The molecule has 10 aromatic rings. The van der Waals surface area contributed by atoms with Gasteiger partial charge in [-0.2, -0.15) is 26.3 Å². The lowest BCUT2D eigenvalue weighted by atomic mass is 9.43. The second kappa shape index (κ2) is 43.4. The van der Waals surface area contributed by atoms with Gasteiger partial charge in [-0.25, -0.2) is 14.4 Å². The number of Topliss-reactive ketones (excluding diaryl/α,β-unsaturated/α-hetero) is 2. The zero-order valence-corrected chi connectivity index (χ0v) is 87.8. The molecule has 17 heteroatoms. The Kier molecular flexibility index (Phi) is 33.4. The second-order valence-corrected chi connectivity index (χ2v) is 52.5. The van der Waals surface area contributed by atoms with Crippen molar-refractivity contribution in [2.24, 2.45) is 58.7 Å². The molecule has 0 aromatic heterocycles.